The Morgan fingerprint density at radius 1 is 0.809 bits per heavy atom. The van der Waals surface area contributed by atoms with E-state index in [4.69, 9.17) is 19.9 Å². The van der Waals surface area contributed by atoms with Crippen LogP contribution >= 0.6 is 0 Å². The van der Waals surface area contributed by atoms with Gasteiger partial charge in [-0.1, -0.05) is 54.6 Å². The van der Waals surface area contributed by atoms with Crippen LogP contribution in [0.25, 0.3) is 0 Å². The summed E-state index contributed by atoms with van der Waals surface area (Å²) < 4.78 is 10.6. The van der Waals surface area contributed by atoms with Gasteiger partial charge in [0.15, 0.2) is 0 Å². The quantitative estimate of drug-likeness (QED) is 0.0376. The number of allylic oxidation sites excluding steroid dienone is 2. The second kappa shape index (κ2) is 21.7. The molecule has 0 radical (unpaired) electrons. The van der Waals surface area contributed by atoms with Gasteiger partial charge in [-0.3, -0.25) is 24.8 Å². The van der Waals surface area contributed by atoms with E-state index in [0.29, 0.717) is 70.0 Å². The Labute approximate surface area is 277 Å². The molecule has 0 bridgehead atoms. The maximum Gasteiger partial charge on any atom is 0.311 e. The number of nitrogens with zero attached hydrogens (tertiary/aromatic N) is 1. The Kier molecular flexibility index (Phi) is 17.6. The van der Waals surface area contributed by atoms with Gasteiger partial charge in [0.1, 0.15) is 5.75 Å². The smallest absolute Gasteiger partial charge is 0.311 e. The first-order valence-corrected chi connectivity index (χ1v) is 16.7. The highest BCUT2D eigenvalue weighted by Crippen LogP contribution is 2.38. The maximum atomic E-state index is 12.3. The summed E-state index contributed by atoms with van der Waals surface area (Å²) in [6, 6.07) is 17.1. The van der Waals surface area contributed by atoms with E-state index in [1.54, 1.807) is 12.1 Å². The van der Waals surface area contributed by atoms with E-state index in [-0.39, 0.29) is 55.2 Å². The molecule has 0 saturated heterocycles. The molecule has 5 N–H and O–H groups in total. The van der Waals surface area contributed by atoms with Gasteiger partial charge < -0.3 is 24.8 Å². The van der Waals surface area contributed by atoms with Crippen molar-refractivity contribution < 1.29 is 49.6 Å². The molecule has 0 spiro atoms. The van der Waals surface area contributed by atoms with E-state index < -0.39 is 18.3 Å². The third-order valence-electron chi connectivity index (χ3n) is 8.58. The Hall–Kier alpha value is -3.16. The normalized spacial score (nSPS) is 20.1. The molecule has 0 amide bonds. The van der Waals surface area contributed by atoms with Crippen LogP contribution in [0, 0.1) is 11.8 Å². The minimum atomic E-state index is -0.567. The number of aliphatic hydroxyl groups is 3. The first-order valence-electron chi connectivity index (χ1n) is 16.7. The molecule has 5 atom stereocenters. The number of hydrogen-bond acceptors (Lipinski definition) is 11. The summed E-state index contributed by atoms with van der Waals surface area (Å²) in [4.78, 5) is 28.5. The van der Waals surface area contributed by atoms with Crippen molar-refractivity contribution in [1.82, 2.24) is 5.39 Å². The van der Waals surface area contributed by atoms with Crippen molar-refractivity contribution >= 4 is 11.9 Å². The summed E-state index contributed by atoms with van der Waals surface area (Å²) >= 11 is 0. The predicted molar refractivity (Wildman–Crippen MR) is 173 cm³/mol. The number of carbonyl (C=O) groups is 2. The van der Waals surface area contributed by atoms with Crippen LogP contribution in [-0.4, -0.2) is 74.6 Å². The molecule has 0 unspecified atom stereocenters. The van der Waals surface area contributed by atoms with Gasteiger partial charge in [0, 0.05) is 19.3 Å². The van der Waals surface area contributed by atoms with E-state index in [2.05, 4.69) is 17.0 Å². The van der Waals surface area contributed by atoms with Crippen molar-refractivity contribution in [3.8, 4) is 5.75 Å². The monoisotopic (exact) mass is 657 g/mol. The minimum Gasteiger partial charge on any atom is -0.465 e. The number of ether oxygens (including phenoxy) is 2. The SMILES string of the molecule is O=C(CCCCON(O)O)OCCc1ccc(OC(=O)CCC/C=C\C[C@@H]2[C@@H](CC[C@@H](O)CCc3ccccc3)[C@H](O)C[C@@H]2O)cc1. The zero-order valence-electron chi connectivity index (χ0n) is 27.1. The molecule has 11 nitrogen and oxygen atoms in total. The molecule has 2 aromatic carbocycles. The summed E-state index contributed by atoms with van der Waals surface area (Å²) in [5.41, 5.74) is 2.13. The lowest BCUT2D eigenvalue weighted by atomic mass is 9.85. The van der Waals surface area contributed by atoms with Crippen LogP contribution in [0.4, 0.5) is 0 Å². The lowest BCUT2D eigenvalue weighted by molar-refractivity contribution is -0.492. The van der Waals surface area contributed by atoms with Gasteiger partial charge in [0.25, 0.3) is 0 Å². The summed E-state index contributed by atoms with van der Waals surface area (Å²) in [6.45, 7) is 0.306. The van der Waals surface area contributed by atoms with E-state index >= 15 is 0 Å². The number of rotatable bonds is 22. The average Bonchev–Trinajstić information content (AvgIpc) is 3.32. The average molecular weight is 658 g/mol. The van der Waals surface area contributed by atoms with E-state index in [1.165, 1.54) is 5.56 Å². The van der Waals surface area contributed by atoms with Crippen LogP contribution in [0.1, 0.15) is 81.8 Å². The molecule has 3 rings (SSSR count). The molecule has 1 saturated carbocycles. The highest BCUT2D eigenvalue weighted by Gasteiger charge is 2.40. The van der Waals surface area contributed by atoms with Crippen molar-refractivity contribution in [1.29, 1.82) is 0 Å². The van der Waals surface area contributed by atoms with Crippen LogP contribution in [-0.2, 0) is 32.0 Å². The van der Waals surface area contributed by atoms with Gasteiger partial charge in [0.05, 0.1) is 36.9 Å². The van der Waals surface area contributed by atoms with Gasteiger partial charge in [0.2, 0.25) is 0 Å². The van der Waals surface area contributed by atoms with Crippen LogP contribution in [0.5, 0.6) is 5.75 Å². The number of benzene rings is 2. The lowest BCUT2D eigenvalue weighted by Crippen LogP contribution is -2.23. The Morgan fingerprint density at radius 2 is 1.51 bits per heavy atom. The standard InChI is InChI=1S/C36H51NO10/c38-29(18-15-27-10-4-3-5-11-27)19-22-32-31(33(39)26-34(32)40)12-6-1-2-7-14-36(42)47-30-20-16-28(17-21-30)23-25-45-35(41)13-8-9-24-46-37(43)44/h1,3-6,10-11,16-17,20-21,29,31-34,38-40,43-44H,2,7-9,12-15,18-19,22-26H2/b6-1-/t29-,31+,32+,33-,34+/m0/s1. The zero-order chi connectivity index (χ0) is 33.9. The Morgan fingerprint density at radius 3 is 2.26 bits per heavy atom. The number of hydrogen-bond donors (Lipinski definition) is 5. The molecule has 0 heterocycles. The van der Waals surface area contributed by atoms with Gasteiger partial charge in [-0.05, 0) is 99.3 Å². The van der Waals surface area contributed by atoms with E-state index in [0.717, 1.165) is 12.0 Å². The fourth-order valence-electron chi connectivity index (χ4n) is 5.93. The van der Waals surface area contributed by atoms with E-state index in [9.17, 15) is 24.9 Å². The first-order chi connectivity index (χ1) is 22.7. The molecular formula is C36H51NO10. The number of carbonyl (C=O) groups excluding carboxylic acids is 2. The number of aryl methyl sites for hydroxylation is 1. The summed E-state index contributed by atoms with van der Waals surface area (Å²) in [5, 5.41) is 48.1. The second-order valence-corrected chi connectivity index (χ2v) is 12.2. The molecule has 0 aromatic heterocycles. The van der Waals surface area contributed by atoms with Gasteiger partial charge >= 0.3 is 11.9 Å². The number of aliphatic hydroxyl groups excluding tert-OH is 3. The third kappa shape index (κ3) is 15.5. The van der Waals surface area contributed by atoms with Crippen molar-refractivity contribution in [2.24, 2.45) is 11.8 Å². The largest absolute Gasteiger partial charge is 0.465 e. The maximum absolute atomic E-state index is 12.3. The van der Waals surface area contributed by atoms with Crippen molar-refractivity contribution in [2.75, 3.05) is 13.2 Å². The second-order valence-electron chi connectivity index (χ2n) is 12.2. The molecular weight excluding hydrogens is 606 g/mol. The minimum absolute atomic E-state index is 0.0532. The van der Waals surface area contributed by atoms with Crippen LogP contribution in [0.15, 0.2) is 66.7 Å². The molecule has 47 heavy (non-hydrogen) atoms. The molecule has 11 heteroatoms. The molecule has 0 aliphatic heterocycles. The molecule has 260 valence electrons. The fraction of sp³-hybridized carbons (Fsp3) is 0.556. The molecule has 1 fully saturated rings. The van der Waals surface area contributed by atoms with Gasteiger partial charge in [-0.25, -0.2) is 0 Å². The third-order valence-corrected chi connectivity index (χ3v) is 8.58. The van der Waals surface area contributed by atoms with Crippen molar-refractivity contribution in [2.45, 2.75) is 102 Å². The van der Waals surface area contributed by atoms with Crippen molar-refractivity contribution in [3.05, 3.63) is 77.9 Å². The van der Waals surface area contributed by atoms with E-state index in [1.807, 2.05) is 42.5 Å². The summed E-state index contributed by atoms with van der Waals surface area (Å²) in [5.74, 6) is -0.321. The summed E-state index contributed by atoms with van der Waals surface area (Å²) in [7, 11) is 0. The molecule has 1 aliphatic rings. The highest BCUT2D eigenvalue weighted by molar-refractivity contribution is 5.72. The zero-order valence-corrected chi connectivity index (χ0v) is 27.1. The number of unbranched alkanes of at least 4 members (excludes halogenated alkanes) is 2. The van der Waals surface area contributed by atoms with Crippen LogP contribution in [0.3, 0.4) is 0 Å². The predicted octanol–water partition coefficient (Wildman–Crippen LogP) is 5.11. The number of esters is 2. The van der Waals surface area contributed by atoms with Crippen LogP contribution < -0.4 is 4.74 Å². The highest BCUT2D eigenvalue weighted by atomic mass is 17.1. The molecule has 1 aliphatic carbocycles. The Bertz CT molecular complexity index is 1190. The lowest BCUT2D eigenvalue weighted by Gasteiger charge is -2.23. The van der Waals surface area contributed by atoms with Gasteiger partial charge in [-0.2, -0.15) is 0 Å². The summed E-state index contributed by atoms with van der Waals surface area (Å²) in [6.07, 6.45) is 9.50. The van der Waals surface area contributed by atoms with Gasteiger partial charge in [-0.15, -0.1) is 0 Å². The first kappa shape index (κ1) is 38.3. The van der Waals surface area contributed by atoms with Crippen LogP contribution in [0.2, 0.25) is 0 Å². The Balaban J connectivity index is 1.26. The molecule has 2 aromatic rings. The fourth-order valence-corrected chi connectivity index (χ4v) is 5.93. The van der Waals surface area contributed by atoms with Crippen molar-refractivity contribution in [3.63, 3.8) is 0 Å². The topological polar surface area (TPSA) is 166 Å².